The van der Waals surface area contributed by atoms with Crippen LogP contribution >= 0.6 is 0 Å². The highest BCUT2D eigenvalue weighted by Gasteiger charge is 2.53. The van der Waals surface area contributed by atoms with Crippen molar-refractivity contribution in [2.75, 3.05) is 0 Å². The number of nitrogens with zero attached hydrogens (tertiary/aromatic N) is 3. The molecule has 1 aromatic heterocycles. The molecule has 2 aliphatic carbocycles. The molecule has 3 nitrogen and oxygen atoms in total. The molecular weight excluding hydrogens is 751 g/mol. The van der Waals surface area contributed by atoms with E-state index in [1.807, 2.05) is 48.6 Å². The van der Waals surface area contributed by atoms with Gasteiger partial charge in [-0.25, -0.2) is 15.0 Å². The average molecular weight is 790 g/mol. The van der Waals surface area contributed by atoms with Gasteiger partial charge in [-0.1, -0.05) is 207 Å². The molecule has 2 aliphatic rings. The van der Waals surface area contributed by atoms with Gasteiger partial charge in [0.15, 0.2) is 17.5 Å². The molecular formula is C59H39N3. The number of allylic oxidation sites excluding steroid dienone is 2. The lowest BCUT2D eigenvalue weighted by molar-refractivity contribution is 0.802. The van der Waals surface area contributed by atoms with Crippen molar-refractivity contribution in [1.82, 2.24) is 15.0 Å². The SMILES string of the molecule is C=C/C=C\c1c(C)ccc(-c2ccc3c(c2)C2(c4ccccc4-3)c3ccccc3-c3c2c2ccccc2c2ccccc32)c1-c1nc(-c2ccccc2)nc(-c2ccccc2)n1. The zero-order valence-corrected chi connectivity index (χ0v) is 34.2. The van der Waals surface area contributed by atoms with Crippen molar-refractivity contribution in [1.29, 1.82) is 0 Å². The van der Waals surface area contributed by atoms with E-state index in [1.54, 1.807) is 0 Å². The Morgan fingerprint density at radius 1 is 0.419 bits per heavy atom. The molecule has 12 rings (SSSR count). The van der Waals surface area contributed by atoms with E-state index in [4.69, 9.17) is 15.0 Å². The van der Waals surface area contributed by atoms with Crippen LogP contribution in [0.3, 0.4) is 0 Å². The molecule has 0 saturated heterocycles. The maximum atomic E-state index is 5.31. The second-order valence-corrected chi connectivity index (χ2v) is 16.3. The molecule has 0 bridgehead atoms. The molecule has 9 aromatic carbocycles. The molecule has 10 aromatic rings. The van der Waals surface area contributed by atoms with Gasteiger partial charge in [0.2, 0.25) is 0 Å². The summed E-state index contributed by atoms with van der Waals surface area (Å²) in [6, 6.07) is 68.1. The van der Waals surface area contributed by atoms with Crippen molar-refractivity contribution in [3.8, 4) is 67.5 Å². The van der Waals surface area contributed by atoms with Crippen molar-refractivity contribution in [3.05, 3.63) is 240 Å². The Labute approximate surface area is 361 Å². The zero-order chi connectivity index (χ0) is 41.4. The summed E-state index contributed by atoms with van der Waals surface area (Å²) in [5, 5.41) is 5.12. The molecule has 0 N–H and O–H groups in total. The fourth-order valence-corrected chi connectivity index (χ4v) is 10.5. The minimum absolute atomic E-state index is 0.567. The van der Waals surface area contributed by atoms with Gasteiger partial charge in [0.25, 0.3) is 0 Å². The van der Waals surface area contributed by atoms with Crippen molar-refractivity contribution in [3.63, 3.8) is 0 Å². The van der Waals surface area contributed by atoms with Gasteiger partial charge < -0.3 is 0 Å². The number of aromatic nitrogens is 3. The monoisotopic (exact) mass is 789 g/mol. The van der Waals surface area contributed by atoms with Gasteiger partial charge >= 0.3 is 0 Å². The van der Waals surface area contributed by atoms with Crippen molar-refractivity contribution < 1.29 is 0 Å². The van der Waals surface area contributed by atoms with Crippen LogP contribution in [0.5, 0.6) is 0 Å². The molecule has 62 heavy (non-hydrogen) atoms. The number of fused-ring (bicyclic) bond motifs is 15. The third-order valence-electron chi connectivity index (χ3n) is 13.0. The second kappa shape index (κ2) is 14.0. The number of hydrogen-bond donors (Lipinski definition) is 0. The Hall–Kier alpha value is -8.01. The zero-order valence-electron chi connectivity index (χ0n) is 34.2. The lowest BCUT2D eigenvalue weighted by Crippen LogP contribution is -2.26. The summed E-state index contributed by atoms with van der Waals surface area (Å²) in [6.45, 7) is 6.20. The Morgan fingerprint density at radius 2 is 0.935 bits per heavy atom. The summed E-state index contributed by atoms with van der Waals surface area (Å²) in [4.78, 5) is 15.7. The second-order valence-electron chi connectivity index (χ2n) is 16.3. The van der Waals surface area contributed by atoms with E-state index in [9.17, 15) is 0 Å². The number of rotatable bonds is 6. The summed E-state index contributed by atoms with van der Waals surface area (Å²) < 4.78 is 0. The van der Waals surface area contributed by atoms with E-state index in [-0.39, 0.29) is 0 Å². The topological polar surface area (TPSA) is 38.7 Å². The lowest BCUT2D eigenvalue weighted by Gasteiger charge is -2.32. The molecule has 0 amide bonds. The predicted molar refractivity (Wildman–Crippen MR) is 257 cm³/mol. The summed E-state index contributed by atoms with van der Waals surface area (Å²) in [5.74, 6) is 1.87. The summed E-state index contributed by atoms with van der Waals surface area (Å²) in [5.41, 5.74) is 16.9. The van der Waals surface area contributed by atoms with Gasteiger partial charge in [-0.05, 0) is 101 Å². The molecule has 0 saturated carbocycles. The highest BCUT2D eigenvalue weighted by molar-refractivity contribution is 6.20. The lowest BCUT2D eigenvalue weighted by atomic mass is 9.68. The van der Waals surface area contributed by atoms with Crippen LogP contribution in [0.15, 0.2) is 207 Å². The molecule has 290 valence electrons. The predicted octanol–water partition coefficient (Wildman–Crippen LogP) is 14.7. The van der Waals surface area contributed by atoms with Crippen molar-refractivity contribution in [2.24, 2.45) is 0 Å². The van der Waals surface area contributed by atoms with Crippen LogP contribution < -0.4 is 0 Å². The molecule has 1 atom stereocenters. The number of hydrogen-bond acceptors (Lipinski definition) is 3. The Bertz CT molecular complexity index is 3430. The van der Waals surface area contributed by atoms with Crippen LogP contribution in [0.4, 0.5) is 0 Å². The average Bonchev–Trinajstić information content (AvgIpc) is 3.81. The highest BCUT2D eigenvalue weighted by Crippen LogP contribution is 2.65. The van der Waals surface area contributed by atoms with Gasteiger partial charge in [0.1, 0.15) is 0 Å². The summed E-state index contributed by atoms with van der Waals surface area (Å²) in [6.07, 6.45) is 5.97. The summed E-state index contributed by atoms with van der Waals surface area (Å²) >= 11 is 0. The van der Waals surface area contributed by atoms with E-state index in [2.05, 4.69) is 171 Å². The molecule has 0 radical (unpaired) electrons. The van der Waals surface area contributed by atoms with Crippen LogP contribution in [-0.4, -0.2) is 15.0 Å². The number of aryl methyl sites for hydroxylation is 1. The quantitative estimate of drug-likeness (QED) is 0.124. The largest absolute Gasteiger partial charge is 0.208 e. The molecule has 1 spiro atoms. The van der Waals surface area contributed by atoms with Gasteiger partial charge in [-0.2, -0.15) is 0 Å². The third kappa shape index (κ3) is 5.15. The molecule has 3 heteroatoms. The van der Waals surface area contributed by atoms with E-state index >= 15 is 0 Å². The molecule has 0 fully saturated rings. The third-order valence-corrected chi connectivity index (χ3v) is 13.0. The maximum Gasteiger partial charge on any atom is 0.165 e. The van der Waals surface area contributed by atoms with E-state index in [0.717, 1.165) is 38.9 Å². The van der Waals surface area contributed by atoms with Gasteiger partial charge in [-0.3, -0.25) is 0 Å². The maximum absolute atomic E-state index is 5.31. The molecule has 0 aliphatic heterocycles. The Kier molecular flexibility index (Phi) is 8.13. The highest BCUT2D eigenvalue weighted by atomic mass is 15.0. The Morgan fingerprint density at radius 3 is 1.61 bits per heavy atom. The van der Waals surface area contributed by atoms with Gasteiger partial charge in [0, 0.05) is 16.7 Å². The van der Waals surface area contributed by atoms with Crippen LogP contribution in [0.25, 0.3) is 95.2 Å². The number of benzene rings is 9. The minimum atomic E-state index is -0.567. The van der Waals surface area contributed by atoms with Crippen LogP contribution in [-0.2, 0) is 5.41 Å². The first-order valence-corrected chi connectivity index (χ1v) is 21.2. The Balaban J connectivity index is 1.18. The first kappa shape index (κ1) is 35.9. The normalized spacial score (nSPS) is 14.6. The van der Waals surface area contributed by atoms with Crippen molar-refractivity contribution >= 4 is 27.6 Å². The van der Waals surface area contributed by atoms with E-state index in [1.165, 1.54) is 66.1 Å². The molecule has 1 heterocycles. The van der Waals surface area contributed by atoms with Gasteiger partial charge in [0.05, 0.1) is 5.41 Å². The first-order valence-electron chi connectivity index (χ1n) is 21.2. The van der Waals surface area contributed by atoms with Gasteiger partial charge in [-0.15, -0.1) is 0 Å². The summed E-state index contributed by atoms with van der Waals surface area (Å²) in [7, 11) is 0. The fraction of sp³-hybridized carbons (Fsp3) is 0.0339. The van der Waals surface area contributed by atoms with Crippen LogP contribution in [0.1, 0.15) is 33.4 Å². The van der Waals surface area contributed by atoms with E-state index < -0.39 is 5.41 Å². The van der Waals surface area contributed by atoms with Crippen molar-refractivity contribution in [2.45, 2.75) is 12.3 Å². The van der Waals surface area contributed by atoms with Crippen LogP contribution in [0, 0.1) is 6.92 Å². The smallest absolute Gasteiger partial charge is 0.165 e. The van der Waals surface area contributed by atoms with Crippen LogP contribution in [0.2, 0.25) is 0 Å². The standard InChI is InChI=1S/C59H39N3/c1-3-4-23-41-37(2)32-34-42(54(41)58-61-56(38-19-7-5-8-20-38)60-57(62-58)39-21-9-6-10-22-39)40-33-35-46-45-26-15-17-30-50(45)59(52(46)36-40)51-31-18-16-29-49(51)53-47-27-13-11-24-43(47)44-25-12-14-28-48(44)55(53)59/h3-36H,1H2,2H3/b23-4-. The minimum Gasteiger partial charge on any atom is -0.208 e. The fourth-order valence-electron chi connectivity index (χ4n) is 10.5. The first-order chi connectivity index (χ1) is 30.6. The van der Waals surface area contributed by atoms with E-state index in [0.29, 0.717) is 17.5 Å². The molecule has 1 unspecified atom stereocenters.